The van der Waals surface area contributed by atoms with Gasteiger partial charge in [0, 0.05) is 11.8 Å². The predicted molar refractivity (Wildman–Crippen MR) is 136 cm³/mol. The fraction of sp³-hybridized carbons (Fsp3) is 0.276. The van der Waals surface area contributed by atoms with Crippen LogP contribution in [0.4, 0.5) is 0 Å². The Hall–Kier alpha value is -4.33. The number of aliphatic hydroxyl groups is 1. The van der Waals surface area contributed by atoms with Crippen LogP contribution in [-0.4, -0.2) is 46.5 Å². The summed E-state index contributed by atoms with van der Waals surface area (Å²) in [6.07, 6.45) is 1.64. The molecular formula is C29H28N2O6. The molecular weight excluding hydrogens is 472 g/mol. The van der Waals surface area contributed by atoms with Crippen LogP contribution in [0.2, 0.25) is 0 Å². The lowest BCUT2D eigenvalue weighted by molar-refractivity contribution is -0.140. The van der Waals surface area contributed by atoms with Crippen molar-refractivity contribution in [2.24, 2.45) is 5.92 Å². The number of nitrogens with zero attached hydrogens (tertiary/aromatic N) is 2. The highest BCUT2D eigenvalue weighted by molar-refractivity contribution is 6.46. The van der Waals surface area contributed by atoms with Gasteiger partial charge in [-0.25, -0.2) is 0 Å². The lowest BCUT2D eigenvalue weighted by atomic mass is 9.95. The van der Waals surface area contributed by atoms with Crippen LogP contribution >= 0.6 is 0 Å². The Kier molecular flexibility index (Phi) is 6.81. The van der Waals surface area contributed by atoms with Gasteiger partial charge in [-0.05, 0) is 53.9 Å². The number of benzene rings is 2. The Balaban J connectivity index is 1.60. The second-order valence-corrected chi connectivity index (χ2v) is 9.38. The third-order valence-corrected chi connectivity index (χ3v) is 6.17. The smallest absolute Gasteiger partial charge is 0.296 e. The predicted octanol–water partition coefficient (Wildman–Crippen LogP) is 4.51. The number of aliphatic hydroxyl groups excluding tert-OH is 1. The molecule has 0 bridgehead atoms. The molecule has 3 aromatic rings. The summed E-state index contributed by atoms with van der Waals surface area (Å²) < 4.78 is 17.1. The molecule has 2 aliphatic rings. The number of ether oxygens (including phenoxy) is 3. The number of hydrogen-bond donors (Lipinski definition) is 1. The van der Waals surface area contributed by atoms with E-state index in [2.05, 4.69) is 18.8 Å². The summed E-state index contributed by atoms with van der Waals surface area (Å²) in [6, 6.07) is 16.8. The average Bonchev–Trinajstić information content (AvgIpc) is 3.17. The van der Waals surface area contributed by atoms with Gasteiger partial charge in [-0.15, -0.1) is 0 Å². The minimum atomic E-state index is -0.835. The SMILES string of the molecule is CC(C)COc1cccc(C2/C(=C(/O)c3ccc4c(c3)OCCO4)C(=O)C(=O)N2Cc2ccccn2)c1. The van der Waals surface area contributed by atoms with Crippen LogP contribution in [0.25, 0.3) is 5.76 Å². The van der Waals surface area contributed by atoms with Crippen LogP contribution < -0.4 is 14.2 Å². The van der Waals surface area contributed by atoms with E-state index < -0.39 is 17.7 Å². The third kappa shape index (κ3) is 5.00. The Morgan fingerprint density at radius 2 is 1.86 bits per heavy atom. The number of carbonyl (C=O) groups excluding carboxylic acids is 2. The molecule has 3 heterocycles. The summed E-state index contributed by atoms with van der Waals surface area (Å²) >= 11 is 0. The van der Waals surface area contributed by atoms with Gasteiger partial charge in [0.05, 0.1) is 30.5 Å². The standard InChI is InChI=1S/C29H28N2O6/c1-18(2)17-37-22-8-5-6-19(14-22)26-25(27(32)20-9-10-23-24(15-20)36-13-12-35-23)28(33)29(34)31(26)16-21-7-3-4-11-30-21/h3-11,14-15,18,26,32H,12-13,16-17H2,1-2H3/b27-25-. The summed E-state index contributed by atoms with van der Waals surface area (Å²) in [5, 5.41) is 11.4. The molecule has 190 valence electrons. The Morgan fingerprint density at radius 1 is 1.05 bits per heavy atom. The van der Waals surface area contributed by atoms with Crippen molar-refractivity contribution in [3.05, 3.63) is 89.3 Å². The molecule has 1 saturated heterocycles. The molecule has 0 radical (unpaired) electrons. The van der Waals surface area contributed by atoms with Gasteiger partial charge in [0.25, 0.3) is 11.7 Å². The lowest BCUT2D eigenvalue weighted by Gasteiger charge is -2.25. The number of pyridine rings is 1. The Labute approximate surface area is 215 Å². The van der Waals surface area contributed by atoms with E-state index in [4.69, 9.17) is 14.2 Å². The molecule has 2 aliphatic heterocycles. The van der Waals surface area contributed by atoms with E-state index in [1.807, 2.05) is 24.3 Å². The van der Waals surface area contributed by atoms with Gasteiger partial charge in [0.2, 0.25) is 0 Å². The van der Waals surface area contributed by atoms with Gasteiger partial charge in [0.1, 0.15) is 24.7 Å². The highest BCUT2D eigenvalue weighted by Crippen LogP contribution is 2.42. The van der Waals surface area contributed by atoms with Crippen molar-refractivity contribution in [3.8, 4) is 17.2 Å². The number of Topliss-reactive ketones (excluding diaryl/α,β-unsaturated/α-hetero) is 1. The molecule has 2 aromatic carbocycles. The first-order valence-electron chi connectivity index (χ1n) is 12.2. The molecule has 1 N–H and O–H groups in total. The van der Waals surface area contributed by atoms with Gasteiger partial charge < -0.3 is 24.2 Å². The maximum Gasteiger partial charge on any atom is 0.296 e. The van der Waals surface area contributed by atoms with Gasteiger partial charge in [-0.3, -0.25) is 14.6 Å². The second kappa shape index (κ2) is 10.3. The molecule has 1 aromatic heterocycles. The number of carbonyl (C=O) groups is 2. The molecule has 37 heavy (non-hydrogen) atoms. The molecule has 8 heteroatoms. The van der Waals surface area contributed by atoms with Crippen molar-refractivity contribution >= 4 is 17.4 Å². The maximum atomic E-state index is 13.4. The van der Waals surface area contributed by atoms with Gasteiger partial charge in [-0.1, -0.05) is 32.0 Å². The monoisotopic (exact) mass is 500 g/mol. The van der Waals surface area contributed by atoms with Crippen LogP contribution in [0.3, 0.4) is 0 Å². The van der Waals surface area contributed by atoms with Crippen LogP contribution in [0, 0.1) is 5.92 Å². The van der Waals surface area contributed by atoms with Crippen LogP contribution in [0.1, 0.15) is 36.7 Å². The highest BCUT2D eigenvalue weighted by Gasteiger charge is 2.46. The third-order valence-electron chi connectivity index (χ3n) is 6.17. The van der Waals surface area contributed by atoms with E-state index in [9.17, 15) is 14.7 Å². The highest BCUT2D eigenvalue weighted by atomic mass is 16.6. The van der Waals surface area contributed by atoms with Crippen molar-refractivity contribution in [1.82, 2.24) is 9.88 Å². The first-order chi connectivity index (χ1) is 17.9. The first-order valence-corrected chi connectivity index (χ1v) is 12.2. The molecule has 1 amide bonds. The van der Waals surface area contributed by atoms with E-state index in [1.165, 1.54) is 4.90 Å². The Morgan fingerprint density at radius 3 is 2.62 bits per heavy atom. The van der Waals surface area contributed by atoms with E-state index >= 15 is 0 Å². The largest absolute Gasteiger partial charge is 0.507 e. The van der Waals surface area contributed by atoms with Crippen molar-refractivity contribution in [2.75, 3.05) is 19.8 Å². The van der Waals surface area contributed by atoms with Crippen LogP contribution in [-0.2, 0) is 16.1 Å². The summed E-state index contributed by atoms with van der Waals surface area (Å²) in [4.78, 5) is 32.4. The molecule has 1 atom stereocenters. The molecule has 0 aliphatic carbocycles. The zero-order valence-electron chi connectivity index (χ0n) is 20.7. The molecule has 0 saturated carbocycles. The molecule has 1 unspecified atom stereocenters. The van der Waals surface area contributed by atoms with E-state index in [0.29, 0.717) is 59.8 Å². The molecule has 8 nitrogen and oxygen atoms in total. The van der Waals surface area contributed by atoms with E-state index in [-0.39, 0.29) is 17.9 Å². The number of aromatic nitrogens is 1. The molecule has 5 rings (SSSR count). The average molecular weight is 501 g/mol. The van der Waals surface area contributed by atoms with Crippen LogP contribution in [0.15, 0.2) is 72.4 Å². The summed E-state index contributed by atoms with van der Waals surface area (Å²) in [5.74, 6) is 0.230. The minimum Gasteiger partial charge on any atom is -0.507 e. The number of rotatable bonds is 7. The number of likely N-dealkylation sites (tertiary alicyclic amines) is 1. The number of fused-ring (bicyclic) bond motifs is 1. The number of ketones is 1. The number of hydrogen-bond acceptors (Lipinski definition) is 7. The summed E-state index contributed by atoms with van der Waals surface area (Å²) in [6.45, 7) is 5.55. The van der Waals surface area contributed by atoms with Gasteiger partial charge in [-0.2, -0.15) is 0 Å². The Bertz CT molecular complexity index is 1350. The van der Waals surface area contributed by atoms with Crippen molar-refractivity contribution in [2.45, 2.75) is 26.4 Å². The van der Waals surface area contributed by atoms with Gasteiger partial charge in [0.15, 0.2) is 11.5 Å². The first kappa shape index (κ1) is 24.4. The normalized spacial score (nSPS) is 18.4. The lowest BCUT2D eigenvalue weighted by Crippen LogP contribution is -2.29. The summed E-state index contributed by atoms with van der Waals surface area (Å²) in [7, 11) is 0. The van der Waals surface area contributed by atoms with Crippen molar-refractivity contribution < 1.29 is 28.9 Å². The summed E-state index contributed by atoms with van der Waals surface area (Å²) in [5.41, 5.74) is 1.63. The zero-order valence-corrected chi connectivity index (χ0v) is 20.7. The van der Waals surface area contributed by atoms with Crippen molar-refractivity contribution in [1.29, 1.82) is 0 Å². The van der Waals surface area contributed by atoms with E-state index in [0.717, 1.165) is 0 Å². The topological polar surface area (TPSA) is 98.2 Å². The second-order valence-electron chi connectivity index (χ2n) is 9.38. The zero-order chi connectivity index (χ0) is 25.9. The number of amides is 1. The fourth-order valence-electron chi connectivity index (χ4n) is 4.44. The maximum absolute atomic E-state index is 13.4. The van der Waals surface area contributed by atoms with E-state index in [1.54, 1.807) is 42.6 Å². The van der Waals surface area contributed by atoms with Crippen molar-refractivity contribution in [3.63, 3.8) is 0 Å². The molecule has 0 spiro atoms. The van der Waals surface area contributed by atoms with Gasteiger partial charge >= 0.3 is 0 Å². The molecule has 1 fully saturated rings. The quantitative estimate of drug-likeness (QED) is 0.290. The fourth-order valence-corrected chi connectivity index (χ4v) is 4.44. The van der Waals surface area contributed by atoms with Crippen LogP contribution in [0.5, 0.6) is 17.2 Å². The minimum absolute atomic E-state index is 0.00128.